The van der Waals surface area contributed by atoms with E-state index in [1.165, 1.54) is 24.3 Å². The molecule has 4 nitrogen and oxygen atoms in total. The van der Waals surface area contributed by atoms with Crippen LogP contribution in [0, 0.1) is 12.7 Å². The summed E-state index contributed by atoms with van der Waals surface area (Å²) in [4.78, 5) is 24.0. The summed E-state index contributed by atoms with van der Waals surface area (Å²) in [7, 11) is 0. The van der Waals surface area contributed by atoms with E-state index in [1.807, 2.05) is 0 Å². The molecule has 150 valence electrons. The first-order chi connectivity index (χ1) is 13.6. The topological polar surface area (TPSA) is 55.4 Å². The van der Waals surface area contributed by atoms with Crippen molar-refractivity contribution in [2.24, 2.45) is 0 Å². The molecular formula is C21H15F4NO3. The van der Waals surface area contributed by atoms with E-state index in [0.717, 1.165) is 18.2 Å². The molecule has 0 unspecified atom stereocenters. The molecule has 1 aliphatic rings. The number of allylic oxidation sites excluding steroid dienone is 3. The van der Waals surface area contributed by atoms with E-state index in [9.17, 15) is 27.2 Å². The number of ketones is 1. The molecule has 29 heavy (non-hydrogen) atoms. The maximum atomic E-state index is 14.1. The molecular weight excluding hydrogens is 390 g/mol. The second kappa shape index (κ2) is 7.90. The molecule has 1 amide bonds. The molecule has 0 radical (unpaired) electrons. The summed E-state index contributed by atoms with van der Waals surface area (Å²) in [5, 5.41) is 2.43. The first-order valence-corrected chi connectivity index (χ1v) is 8.51. The molecule has 2 aromatic carbocycles. The normalized spacial score (nSPS) is 13.8. The minimum absolute atomic E-state index is 0.193. The van der Waals surface area contributed by atoms with E-state index in [1.54, 1.807) is 13.0 Å². The predicted octanol–water partition coefficient (Wildman–Crippen LogP) is 5.09. The fraction of sp³-hybridized carbons (Fsp3) is 0.143. The molecule has 0 saturated heterocycles. The Balaban J connectivity index is 1.98. The average Bonchev–Trinajstić information content (AvgIpc) is 2.63. The molecule has 3 rings (SSSR count). The molecule has 0 atom stereocenters. The van der Waals surface area contributed by atoms with E-state index in [4.69, 9.17) is 4.74 Å². The molecule has 0 aromatic heterocycles. The van der Waals surface area contributed by atoms with Crippen molar-refractivity contribution < 1.29 is 31.9 Å². The summed E-state index contributed by atoms with van der Waals surface area (Å²) in [6.45, 7) is 1.64. The largest absolute Gasteiger partial charge is 0.453 e. The highest BCUT2D eigenvalue weighted by molar-refractivity contribution is 6.00. The van der Waals surface area contributed by atoms with Gasteiger partial charge in [-0.05, 0) is 48.9 Å². The van der Waals surface area contributed by atoms with Gasteiger partial charge in [0.25, 0.3) is 5.91 Å². The van der Waals surface area contributed by atoms with Crippen molar-refractivity contribution in [3.8, 4) is 11.5 Å². The number of carbonyl (C=O) groups excluding carboxylic acids is 2. The molecule has 0 heterocycles. The molecule has 0 saturated carbocycles. The van der Waals surface area contributed by atoms with Crippen LogP contribution in [0.4, 0.5) is 17.6 Å². The van der Waals surface area contributed by atoms with Gasteiger partial charge >= 0.3 is 6.18 Å². The van der Waals surface area contributed by atoms with E-state index < -0.39 is 29.2 Å². The average molecular weight is 405 g/mol. The van der Waals surface area contributed by atoms with Gasteiger partial charge in [-0.25, -0.2) is 4.39 Å². The number of alkyl halides is 3. The van der Waals surface area contributed by atoms with E-state index in [0.29, 0.717) is 11.6 Å². The number of rotatable bonds is 4. The summed E-state index contributed by atoms with van der Waals surface area (Å²) in [6, 6.07) is 6.24. The summed E-state index contributed by atoms with van der Waals surface area (Å²) in [5.74, 6) is -2.60. The maximum absolute atomic E-state index is 14.1. The van der Waals surface area contributed by atoms with Crippen LogP contribution in [0.3, 0.4) is 0 Å². The van der Waals surface area contributed by atoms with Crippen LogP contribution in [-0.4, -0.2) is 11.7 Å². The molecule has 1 aliphatic carbocycles. The van der Waals surface area contributed by atoms with E-state index in [2.05, 4.69) is 5.32 Å². The Hall–Kier alpha value is -3.42. The zero-order valence-corrected chi connectivity index (χ0v) is 15.1. The minimum Gasteiger partial charge on any atom is -0.453 e. The zero-order valence-electron chi connectivity index (χ0n) is 15.1. The van der Waals surface area contributed by atoms with Gasteiger partial charge in [-0.15, -0.1) is 0 Å². The molecule has 0 bridgehead atoms. The quantitative estimate of drug-likeness (QED) is 0.721. The molecule has 2 aromatic rings. The minimum atomic E-state index is -4.68. The monoisotopic (exact) mass is 405 g/mol. The third-order valence-corrected chi connectivity index (χ3v) is 4.05. The molecule has 0 aliphatic heterocycles. The second-order valence-electron chi connectivity index (χ2n) is 6.37. The van der Waals surface area contributed by atoms with E-state index in [-0.39, 0.29) is 29.2 Å². The van der Waals surface area contributed by atoms with Gasteiger partial charge in [0, 0.05) is 18.2 Å². The number of aryl methyl sites for hydroxylation is 1. The van der Waals surface area contributed by atoms with Crippen molar-refractivity contribution in [3.63, 3.8) is 0 Å². The van der Waals surface area contributed by atoms with Gasteiger partial charge in [-0.1, -0.05) is 12.1 Å². The van der Waals surface area contributed by atoms with Crippen molar-refractivity contribution in [1.82, 2.24) is 5.32 Å². The number of nitrogens with one attached hydrogen (secondary N) is 1. The lowest BCUT2D eigenvalue weighted by atomic mass is 10.1. The summed E-state index contributed by atoms with van der Waals surface area (Å²) >= 11 is 0. The van der Waals surface area contributed by atoms with Gasteiger partial charge in [0.2, 0.25) is 0 Å². The Kier molecular flexibility index (Phi) is 5.54. The summed E-state index contributed by atoms with van der Waals surface area (Å²) < 4.78 is 58.7. The molecule has 0 fully saturated rings. The van der Waals surface area contributed by atoms with Crippen LogP contribution in [0.25, 0.3) is 0 Å². The third-order valence-electron chi connectivity index (χ3n) is 4.05. The molecule has 1 N–H and O–H groups in total. The van der Waals surface area contributed by atoms with E-state index >= 15 is 0 Å². The third kappa shape index (κ3) is 4.90. The summed E-state index contributed by atoms with van der Waals surface area (Å²) in [5.41, 5.74) is -0.509. The molecule has 0 spiro atoms. The highest BCUT2D eigenvalue weighted by atomic mass is 19.4. The Morgan fingerprint density at radius 1 is 1.10 bits per heavy atom. The Morgan fingerprint density at radius 3 is 2.52 bits per heavy atom. The number of amides is 1. The number of hydrogen-bond acceptors (Lipinski definition) is 3. The highest BCUT2D eigenvalue weighted by Gasteiger charge is 2.32. The highest BCUT2D eigenvalue weighted by Crippen LogP contribution is 2.35. The van der Waals surface area contributed by atoms with Crippen LogP contribution in [0.1, 0.15) is 27.9 Å². The number of ether oxygens (including phenoxy) is 1. The van der Waals surface area contributed by atoms with Crippen LogP contribution in [0.5, 0.6) is 11.5 Å². The van der Waals surface area contributed by atoms with Crippen LogP contribution in [0.2, 0.25) is 0 Å². The van der Waals surface area contributed by atoms with Crippen LogP contribution < -0.4 is 10.1 Å². The van der Waals surface area contributed by atoms with Crippen LogP contribution >= 0.6 is 0 Å². The van der Waals surface area contributed by atoms with Crippen molar-refractivity contribution in [2.75, 3.05) is 0 Å². The smallest absolute Gasteiger partial charge is 0.416 e. The lowest BCUT2D eigenvalue weighted by Crippen LogP contribution is -2.24. The first kappa shape index (κ1) is 20.3. The lowest BCUT2D eigenvalue weighted by molar-refractivity contribution is -0.137. The summed E-state index contributed by atoms with van der Waals surface area (Å²) in [6.07, 6.45) is -0.226. The Labute approximate surface area is 163 Å². The maximum Gasteiger partial charge on any atom is 0.416 e. The predicted molar refractivity (Wildman–Crippen MR) is 97.0 cm³/mol. The number of hydrogen-bond donors (Lipinski definition) is 1. The van der Waals surface area contributed by atoms with Gasteiger partial charge in [0.15, 0.2) is 17.3 Å². The second-order valence-corrected chi connectivity index (χ2v) is 6.37. The molecule has 8 heteroatoms. The van der Waals surface area contributed by atoms with Crippen molar-refractivity contribution in [2.45, 2.75) is 19.5 Å². The van der Waals surface area contributed by atoms with Crippen molar-refractivity contribution in [1.29, 1.82) is 0 Å². The zero-order chi connectivity index (χ0) is 21.2. The van der Waals surface area contributed by atoms with Gasteiger partial charge in [0.05, 0.1) is 11.1 Å². The number of halogens is 4. The standard InChI is InChI=1S/C21H15F4NO3/c1-12-5-8-18(17(22)9-12)29-19-10-13(21(23,24)25)6-7-16(19)20(28)26-14-3-2-4-15(27)11-14/h2-3,5-11H,4H2,1H3,(H,26,28). The van der Waals surface area contributed by atoms with Crippen molar-refractivity contribution >= 4 is 11.7 Å². The van der Waals surface area contributed by atoms with Gasteiger partial charge in [-0.3, -0.25) is 9.59 Å². The SMILES string of the molecule is Cc1ccc(Oc2cc(C(F)(F)F)ccc2C(=O)NC2=CC(=O)CC=C2)c(F)c1. The lowest BCUT2D eigenvalue weighted by Gasteiger charge is -2.16. The number of benzene rings is 2. The van der Waals surface area contributed by atoms with Crippen LogP contribution in [0.15, 0.2) is 60.3 Å². The van der Waals surface area contributed by atoms with Gasteiger partial charge in [0.1, 0.15) is 5.75 Å². The fourth-order valence-electron chi connectivity index (χ4n) is 2.64. The van der Waals surface area contributed by atoms with Gasteiger partial charge < -0.3 is 10.1 Å². The number of carbonyl (C=O) groups is 2. The van der Waals surface area contributed by atoms with Crippen molar-refractivity contribution in [3.05, 3.63) is 82.8 Å². The first-order valence-electron chi connectivity index (χ1n) is 8.51. The Bertz CT molecular complexity index is 1040. The Morgan fingerprint density at radius 2 is 1.86 bits per heavy atom. The van der Waals surface area contributed by atoms with Gasteiger partial charge in [-0.2, -0.15) is 13.2 Å². The fourth-order valence-corrected chi connectivity index (χ4v) is 2.64. The van der Waals surface area contributed by atoms with Crippen LogP contribution in [-0.2, 0) is 11.0 Å².